The second kappa shape index (κ2) is 8.85. The third kappa shape index (κ3) is 4.27. The molecule has 2 aromatic carbocycles. The normalized spacial score (nSPS) is 11.9. The Balaban J connectivity index is 1.35. The maximum absolute atomic E-state index is 4.76. The number of imidazole rings is 1. The lowest BCUT2D eigenvalue weighted by molar-refractivity contribution is 0.865. The van der Waals surface area contributed by atoms with Crippen LogP contribution in [-0.4, -0.2) is 24.5 Å². The van der Waals surface area contributed by atoms with Crippen LogP contribution in [0, 0.1) is 0 Å². The van der Waals surface area contributed by atoms with Gasteiger partial charge in [0.1, 0.15) is 12.1 Å². The first-order chi connectivity index (χ1) is 15.8. The number of rotatable bonds is 7. The Hall–Kier alpha value is -4.26. The summed E-state index contributed by atoms with van der Waals surface area (Å²) in [7, 11) is 0. The van der Waals surface area contributed by atoms with Crippen molar-refractivity contribution in [3.63, 3.8) is 0 Å². The van der Waals surface area contributed by atoms with Crippen LogP contribution in [0.5, 0.6) is 0 Å². The van der Waals surface area contributed by atoms with Gasteiger partial charge in [-0.15, -0.1) is 0 Å². The van der Waals surface area contributed by atoms with Crippen molar-refractivity contribution in [2.45, 2.75) is 19.5 Å². The van der Waals surface area contributed by atoms with E-state index in [0.717, 1.165) is 28.1 Å². The molecule has 1 unspecified atom stereocenters. The minimum absolute atomic E-state index is 0.119. The smallest absolute Gasteiger partial charge is 0.159 e. The molecular formula is C25H23N7. The molecular weight excluding hydrogens is 398 g/mol. The molecule has 0 amide bonds. The number of nitrogens with one attached hydrogen (secondary N) is 2. The average Bonchev–Trinajstić information content (AvgIpc) is 3.27. The Morgan fingerprint density at radius 2 is 1.84 bits per heavy atom. The molecule has 0 fully saturated rings. The van der Waals surface area contributed by atoms with E-state index in [1.165, 1.54) is 5.56 Å². The maximum Gasteiger partial charge on any atom is 0.159 e. The summed E-state index contributed by atoms with van der Waals surface area (Å²) in [5.41, 5.74) is 5.19. The number of hydrogen-bond acceptors (Lipinski definition) is 6. The van der Waals surface area contributed by atoms with Crippen molar-refractivity contribution in [1.29, 1.82) is 0 Å². The summed E-state index contributed by atoms with van der Waals surface area (Å²) >= 11 is 0. The summed E-state index contributed by atoms with van der Waals surface area (Å²) in [6.07, 6.45) is 8.90. The fourth-order valence-electron chi connectivity index (χ4n) is 3.60. The Bertz CT molecular complexity index is 1320. The molecule has 7 nitrogen and oxygen atoms in total. The molecule has 0 bridgehead atoms. The summed E-state index contributed by atoms with van der Waals surface area (Å²) in [6.45, 7) is 2.81. The fraction of sp³-hybridized carbons (Fsp3) is 0.120. The molecule has 0 aliphatic heterocycles. The highest BCUT2D eigenvalue weighted by Crippen LogP contribution is 2.23. The van der Waals surface area contributed by atoms with E-state index in [-0.39, 0.29) is 6.04 Å². The second-order valence-electron chi connectivity index (χ2n) is 7.57. The maximum atomic E-state index is 4.76. The quantitative estimate of drug-likeness (QED) is 0.385. The van der Waals surface area contributed by atoms with Gasteiger partial charge in [0.2, 0.25) is 0 Å². The van der Waals surface area contributed by atoms with Crippen LogP contribution in [0.3, 0.4) is 0 Å². The van der Waals surface area contributed by atoms with E-state index in [1.807, 2.05) is 59.3 Å². The van der Waals surface area contributed by atoms with Gasteiger partial charge in [-0.1, -0.05) is 36.4 Å². The van der Waals surface area contributed by atoms with Gasteiger partial charge in [0.25, 0.3) is 0 Å². The van der Waals surface area contributed by atoms with Crippen molar-refractivity contribution in [2.24, 2.45) is 0 Å². The lowest BCUT2D eigenvalue weighted by Crippen LogP contribution is -2.09. The Kier molecular flexibility index (Phi) is 5.45. The molecule has 2 N–H and O–H groups in total. The van der Waals surface area contributed by atoms with Crippen LogP contribution >= 0.6 is 0 Å². The highest BCUT2D eigenvalue weighted by Gasteiger charge is 2.10. The molecule has 0 aliphatic carbocycles. The molecule has 5 rings (SSSR count). The Morgan fingerprint density at radius 1 is 0.938 bits per heavy atom. The van der Waals surface area contributed by atoms with Crippen LogP contribution in [0.4, 0.5) is 11.5 Å². The SMILES string of the molecule is CC(Nc1cncc(-n2cnc3cc(NCc4cccnc4)ccc32)n1)c1ccccc1. The topological polar surface area (TPSA) is 80.5 Å². The summed E-state index contributed by atoms with van der Waals surface area (Å²) in [5, 5.41) is 6.85. The minimum Gasteiger partial charge on any atom is -0.381 e. The fourth-order valence-corrected chi connectivity index (χ4v) is 3.60. The first kappa shape index (κ1) is 19.7. The van der Waals surface area contributed by atoms with Crippen molar-refractivity contribution in [3.8, 4) is 5.82 Å². The van der Waals surface area contributed by atoms with E-state index < -0.39 is 0 Å². The van der Waals surface area contributed by atoms with E-state index in [9.17, 15) is 0 Å². The van der Waals surface area contributed by atoms with Crippen LogP contribution in [0.2, 0.25) is 0 Å². The summed E-state index contributed by atoms with van der Waals surface area (Å²) < 4.78 is 1.95. The van der Waals surface area contributed by atoms with Crippen molar-refractivity contribution >= 4 is 22.5 Å². The van der Waals surface area contributed by atoms with Crippen molar-refractivity contribution in [1.82, 2.24) is 24.5 Å². The largest absolute Gasteiger partial charge is 0.381 e. The third-order valence-corrected chi connectivity index (χ3v) is 5.30. The lowest BCUT2D eigenvalue weighted by Gasteiger charge is -2.15. The van der Waals surface area contributed by atoms with Gasteiger partial charge in [-0.3, -0.25) is 14.5 Å². The molecule has 0 radical (unpaired) electrons. The lowest BCUT2D eigenvalue weighted by atomic mass is 10.1. The number of pyridine rings is 1. The van der Waals surface area contributed by atoms with E-state index in [1.54, 1.807) is 24.9 Å². The molecule has 7 heteroatoms. The van der Waals surface area contributed by atoms with Gasteiger partial charge in [-0.2, -0.15) is 0 Å². The van der Waals surface area contributed by atoms with Gasteiger partial charge >= 0.3 is 0 Å². The first-order valence-corrected chi connectivity index (χ1v) is 10.5. The first-order valence-electron chi connectivity index (χ1n) is 10.5. The average molecular weight is 422 g/mol. The summed E-state index contributed by atoms with van der Waals surface area (Å²) in [6, 6.07) is 20.5. The molecule has 5 aromatic rings. The molecule has 3 aromatic heterocycles. The molecule has 0 aliphatic rings. The third-order valence-electron chi connectivity index (χ3n) is 5.30. The van der Waals surface area contributed by atoms with Crippen molar-refractivity contribution < 1.29 is 0 Å². The molecule has 32 heavy (non-hydrogen) atoms. The molecule has 0 saturated carbocycles. The standard InChI is InChI=1S/C25H23N7/c1-18(20-7-3-2-4-8-20)30-24-15-27-16-25(31-24)32-17-29-22-12-21(9-10-23(22)32)28-14-19-6-5-11-26-13-19/h2-13,15-18,28H,14H2,1H3,(H,30,31). The molecule has 1 atom stereocenters. The highest BCUT2D eigenvalue weighted by molar-refractivity contribution is 5.81. The zero-order valence-corrected chi connectivity index (χ0v) is 17.7. The Morgan fingerprint density at radius 3 is 2.69 bits per heavy atom. The van der Waals surface area contributed by atoms with Gasteiger partial charge < -0.3 is 10.6 Å². The van der Waals surface area contributed by atoms with Crippen LogP contribution in [-0.2, 0) is 6.54 Å². The summed E-state index contributed by atoms with van der Waals surface area (Å²) in [5.74, 6) is 1.43. The predicted octanol–water partition coefficient (Wildman–Crippen LogP) is 5.00. The summed E-state index contributed by atoms with van der Waals surface area (Å²) in [4.78, 5) is 17.9. The highest BCUT2D eigenvalue weighted by atomic mass is 15.2. The second-order valence-corrected chi connectivity index (χ2v) is 7.57. The van der Waals surface area contributed by atoms with Gasteiger partial charge in [-0.05, 0) is 42.3 Å². The van der Waals surface area contributed by atoms with E-state index in [0.29, 0.717) is 12.4 Å². The number of fused-ring (bicyclic) bond motifs is 1. The van der Waals surface area contributed by atoms with E-state index >= 15 is 0 Å². The van der Waals surface area contributed by atoms with Crippen LogP contribution in [0.15, 0.2) is 91.8 Å². The molecule has 0 spiro atoms. The van der Waals surface area contributed by atoms with E-state index in [4.69, 9.17) is 4.98 Å². The van der Waals surface area contributed by atoms with Crippen LogP contribution in [0.25, 0.3) is 16.9 Å². The van der Waals surface area contributed by atoms with Crippen LogP contribution < -0.4 is 10.6 Å². The molecule has 158 valence electrons. The monoisotopic (exact) mass is 421 g/mol. The van der Waals surface area contributed by atoms with Gasteiger partial charge in [0.05, 0.1) is 23.4 Å². The van der Waals surface area contributed by atoms with Crippen molar-refractivity contribution in [2.75, 3.05) is 10.6 Å². The number of hydrogen-bond donors (Lipinski definition) is 2. The van der Waals surface area contributed by atoms with Crippen LogP contribution in [0.1, 0.15) is 24.1 Å². The number of anilines is 2. The zero-order chi connectivity index (χ0) is 21.8. The molecule has 3 heterocycles. The minimum atomic E-state index is 0.119. The van der Waals surface area contributed by atoms with Gasteiger partial charge in [0, 0.05) is 30.7 Å². The van der Waals surface area contributed by atoms with Crippen molar-refractivity contribution in [3.05, 3.63) is 103 Å². The Labute approximate surface area is 186 Å². The number of aromatic nitrogens is 5. The predicted molar refractivity (Wildman–Crippen MR) is 127 cm³/mol. The molecule has 0 saturated heterocycles. The zero-order valence-electron chi connectivity index (χ0n) is 17.7. The number of nitrogens with zero attached hydrogens (tertiary/aromatic N) is 5. The van der Waals surface area contributed by atoms with E-state index in [2.05, 4.69) is 44.6 Å². The number of benzene rings is 2. The van der Waals surface area contributed by atoms with Gasteiger partial charge in [0.15, 0.2) is 5.82 Å². The van der Waals surface area contributed by atoms with Gasteiger partial charge in [-0.25, -0.2) is 9.97 Å².